The van der Waals surface area contributed by atoms with Crippen LogP contribution in [0.2, 0.25) is 0 Å². The summed E-state index contributed by atoms with van der Waals surface area (Å²) in [4.78, 5) is 16.5. The Hall–Kier alpha value is -3.78. The van der Waals surface area contributed by atoms with Gasteiger partial charge in [0.1, 0.15) is 24.4 Å². The van der Waals surface area contributed by atoms with Crippen molar-refractivity contribution in [2.45, 2.75) is 6.54 Å². The Morgan fingerprint density at radius 3 is 2.82 bits per heavy atom. The number of nitrogens with zero attached hydrogens (tertiary/aromatic N) is 2. The lowest BCUT2D eigenvalue weighted by atomic mass is 10.2. The van der Waals surface area contributed by atoms with Crippen molar-refractivity contribution in [3.63, 3.8) is 0 Å². The maximum absolute atomic E-state index is 12.1. The van der Waals surface area contributed by atoms with Crippen molar-refractivity contribution in [3.8, 4) is 17.6 Å². The van der Waals surface area contributed by atoms with Crippen molar-refractivity contribution in [2.75, 3.05) is 13.2 Å². The number of hydrogen-bond donors (Lipinski definition) is 1. The number of rotatable bonds is 5. The predicted octanol–water partition coefficient (Wildman–Crippen LogP) is 3.39. The molecule has 0 spiro atoms. The van der Waals surface area contributed by atoms with Crippen LogP contribution < -0.4 is 10.1 Å². The molecule has 0 unspecified atom stereocenters. The lowest BCUT2D eigenvalue weighted by Gasteiger charge is -2.05. The van der Waals surface area contributed by atoms with E-state index in [2.05, 4.69) is 22.1 Å². The first-order valence-electron chi connectivity index (χ1n) is 9.04. The summed E-state index contributed by atoms with van der Waals surface area (Å²) in [5, 5.41) is 4.96. The first-order valence-corrected chi connectivity index (χ1v) is 9.04. The van der Waals surface area contributed by atoms with Crippen LogP contribution in [0.25, 0.3) is 21.8 Å². The topological polar surface area (TPSA) is 56.2 Å². The molecule has 0 radical (unpaired) electrons. The normalized spacial score (nSPS) is 10.4. The monoisotopic (exact) mass is 369 g/mol. The summed E-state index contributed by atoms with van der Waals surface area (Å²) < 4.78 is 7.63. The minimum atomic E-state index is -0.0742. The van der Waals surface area contributed by atoms with Gasteiger partial charge in [-0.05, 0) is 29.7 Å². The molecule has 5 heteroatoms. The molecule has 0 aliphatic carbocycles. The van der Waals surface area contributed by atoms with E-state index in [0.29, 0.717) is 5.75 Å². The van der Waals surface area contributed by atoms with Crippen molar-refractivity contribution in [3.05, 3.63) is 73.1 Å². The predicted molar refractivity (Wildman–Crippen MR) is 110 cm³/mol. The quantitative estimate of drug-likeness (QED) is 0.549. The highest BCUT2D eigenvalue weighted by Crippen LogP contribution is 2.22. The van der Waals surface area contributed by atoms with Gasteiger partial charge >= 0.3 is 0 Å². The number of fused-ring (bicyclic) bond motifs is 2. The second kappa shape index (κ2) is 8.28. The molecule has 0 saturated carbocycles. The fraction of sp³-hybridized carbons (Fsp3) is 0.130. The fourth-order valence-electron chi connectivity index (χ4n) is 3.05. The summed E-state index contributed by atoms with van der Waals surface area (Å²) in [7, 11) is 0. The largest absolute Gasteiger partial charge is 0.479 e. The van der Waals surface area contributed by atoms with Crippen LogP contribution in [0.4, 0.5) is 0 Å². The second-order valence-electron chi connectivity index (χ2n) is 6.25. The molecule has 5 nitrogen and oxygen atoms in total. The average Bonchev–Trinajstić information content (AvgIpc) is 3.13. The summed E-state index contributed by atoms with van der Waals surface area (Å²) in [6.45, 7) is 0.802. The molecule has 0 bridgehead atoms. The molecule has 0 fully saturated rings. The van der Waals surface area contributed by atoms with E-state index in [9.17, 15) is 4.79 Å². The first kappa shape index (κ1) is 17.6. The number of ether oxygens (including phenoxy) is 1. The molecule has 0 saturated heterocycles. The lowest BCUT2D eigenvalue weighted by Crippen LogP contribution is -2.27. The number of carbonyl (C=O) groups is 1. The van der Waals surface area contributed by atoms with E-state index in [0.717, 1.165) is 21.8 Å². The van der Waals surface area contributed by atoms with Crippen LogP contribution >= 0.6 is 0 Å². The molecule has 0 aliphatic heterocycles. The number of aromatic nitrogens is 2. The van der Waals surface area contributed by atoms with Crippen LogP contribution in [0.1, 0.15) is 0 Å². The average molecular weight is 369 g/mol. The van der Waals surface area contributed by atoms with Gasteiger partial charge in [-0.1, -0.05) is 48.2 Å². The molecular formula is C23H19N3O2. The molecule has 138 valence electrons. The number of hydrogen-bond acceptors (Lipinski definition) is 3. The van der Waals surface area contributed by atoms with E-state index >= 15 is 0 Å². The van der Waals surface area contributed by atoms with Crippen LogP contribution in [0.3, 0.4) is 0 Å². The van der Waals surface area contributed by atoms with Gasteiger partial charge in [-0.15, -0.1) is 0 Å². The zero-order valence-corrected chi connectivity index (χ0v) is 15.3. The SMILES string of the molecule is O=C(Cn1ccc2ccccc21)NCC#CCOc1cccc2cccnc12. The van der Waals surface area contributed by atoms with E-state index in [1.54, 1.807) is 6.20 Å². The molecule has 2 aromatic carbocycles. The smallest absolute Gasteiger partial charge is 0.240 e. The van der Waals surface area contributed by atoms with Crippen LogP contribution in [0.15, 0.2) is 73.1 Å². The third-order valence-electron chi connectivity index (χ3n) is 4.39. The van der Waals surface area contributed by atoms with Gasteiger partial charge in [0.25, 0.3) is 0 Å². The Labute approximate surface area is 163 Å². The molecular weight excluding hydrogens is 350 g/mol. The number of nitrogens with one attached hydrogen (secondary N) is 1. The minimum absolute atomic E-state index is 0.0742. The van der Waals surface area contributed by atoms with E-state index in [1.807, 2.05) is 71.4 Å². The van der Waals surface area contributed by atoms with Gasteiger partial charge < -0.3 is 14.6 Å². The van der Waals surface area contributed by atoms with Gasteiger partial charge in [0.15, 0.2) is 0 Å². The van der Waals surface area contributed by atoms with E-state index in [4.69, 9.17) is 4.74 Å². The molecule has 2 aromatic heterocycles. The Morgan fingerprint density at radius 2 is 1.86 bits per heavy atom. The number of pyridine rings is 1. The van der Waals surface area contributed by atoms with Gasteiger partial charge in [0.2, 0.25) is 5.91 Å². The van der Waals surface area contributed by atoms with Crippen LogP contribution in [-0.4, -0.2) is 28.6 Å². The first-order chi connectivity index (χ1) is 13.8. The number of amides is 1. The minimum Gasteiger partial charge on any atom is -0.479 e. The fourth-order valence-corrected chi connectivity index (χ4v) is 3.05. The Kier molecular flexibility index (Phi) is 5.21. The maximum atomic E-state index is 12.1. The highest BCUT2D eigenvalue weighted by Gasteiger charge is 2.05. The highest BCUT2D eigenvalue weighted by molar-refractivity contribution is 5.84. The lowest BCUT2D eigenvalue weighted by molar-refractivity contribution is -0.121. The third-order valence-corrected chi connectivity index (χ3v) is 4.39. The van der Waals surface area contributed by atoms with Crippen molar-refractivity contribution < 1.29 is 9.53 Å². The molecule has 4 rings (SSSR count). The zero-order chi connectivity index (χ0) is 19.2. The maximum Gasteiger partial charge on any atom is 0.240 e. The van der Waals surface area contributed by atoms with E-state index < -0.39 is 0 Å². The molecule has 0 aliphatic rings. The van der Waals surface area contributed by atoms with Gasteiger partial charge in [0.05, 0.1) is 6.54 Å². The van der Waals surface area contributed by atoms with E-state index in [-0.39, 0.29) is 25.6 Å². The summed E-state index contributed by atoms with van der Waals surface area (Å²) >= 11 is 0. The molecule has 0 atom stereocenters. The second-order valence-corrected chi connectivity index (χ2v) is 6.25. The standard InChI is InChI=1S/C23H19N3O2/c27-22(17-26-15-12-18-7-1-2-10-20(18)26)24-13-3-4-16-28-21-11-5-8-19-9-6-14-25-23(19)21/h1-2,5-12,14-15H,13,16-17H2,(H,24,27). The van der Waals surface area contributed by atoms with Crippen LogP contribution in [-0.2, 0) is 11.3 Å². The zero-order valence-electron chi connectivity index (χ0n) is 15.3. The van der Waals surface area contributed by atoms with E-state index in [1.165, 1.54) is 0 Å². The highest BCUT2D eigenvalue weighted by atomic mass is 16.5. The molecule has 4 aromatic rings. The van der Waals surface area contributed by atoms with Crippen molar-refractivity contribution in [2.24, 2.45) is 0 Å². The number of benzene rings is 2. The third kappa shape index (κ3) is 3.97. The van der Waals surface area contributed by atoms with Crippen molar-refractivity contribution in [1.29, 1.82) is 0 Å². The molecule has 28 heavy (non-hydrogen) atoms. The van der Waals surface area contributed by atoms with Crippen LogP contribution in [0, 0.1) is 11.8 Å². The van der Waals surface area contributed by atoms with Gasteiger partial charge in [-0.2, -0.15) is 0 Å². The Morgan fingerprint density at radius 1 is 1.00 bits per heavy atom. The number of carbonyl (C=O) groups excluding carboxylic acids is 1. The summed E-state index contributed by atoms with van der Waals surface area (Å²) in [5.41, 5.74) is 1.86. The summed E-state index contributed by atoms with van der Waals surface area (Å²) in [6, 6.07) is 19.7. The molecule has 1 N–H and O–H groups in total. The molecule has 1 amide bonds. The summed E-state index contributed by atoms with van der Waals surface area (Å²) in [5.74, 6) is 6.47. The van der Waals surface area contributed by atoms with Crippen molar-refractivity contribution >= 4 is 27.7 Å². The Bertz CT molecular complexity index is 1180. The van der Waals surface area contributed by atoms with Gasteiger partial charge in [0, 0.05) is 23.3 Å². The molecule has 2 heterocycles. The van der Waals surface area contributed by atoms with Gasteiger partial charge in [-0.3, -0.25) is 9.78 Å². The van der Waals surface area contributed by atoms with Crippen molar-refractivity contribution in [1.82, 2.24) is 14.9 Å². The van der Waals surface area contributed by atoms with Gasteiger partial charge in [-0.25, -0.2) is 0 Å². The summed E-state index contributed by atoms with van der Waals surface area (Å²) in [6.07, 6.45) is 3.66. The number of para-hydroxylation sites is 2. The Balaban J connectivity index is 1.26. The van der Waals surface area contributed by atoms with Crippen LogP contribution in [0.5, 0.6) is 5.75 Å².